The summed E-state index contributed by atoms with van der Waals surface area (Å²) in [5.74, 6) is -0.433. The summed E-state index contributed by atoms with van der Waals surface area (Å²) in [6.07, 6.45) is 0. The molecule has 0 aliphatic carbocycles. The third kappa shape index (κ3) is 3.62. The molecule has 0 spiro atoms. The highest BCUT2D eigenvalue weighted by Gasteiger charge is 2.10. The van der Waals surface area contributed by atoms with Crippen LogP contribution in [0.1, 0.15) is 5.56 Å². The Bertz CT molecular complexity index is 769. The van der Waals surface area contributed by atoms with Gasteiger partial charge in [-0.15, -0.1) is 0 Å². The van der Waals surface area contributed by atoms with Gasteiger partial charge >= 0.3 is 0 Å². The summed E-state index contributed by atoms with van der Waals surface area (Å²) in [4.78, 5) is 0. The zero-order chi connectivity index (χ0) is 15.5. The lowest BCUT2D eigenvalue weighted by Gasteiger charge is -2.11. The van der Waals surface area contributed by atoms with Crippen LogP contribution < -0.4 is 4.72 Å². The molecule has 21 heavy (non-hydrogen) atoms. The number of aromatic hydroxyl groups is 2. The van der Waals surface area contributed by atoms with Crippen LogP contribution in [0.3, 0.4) is 0 Å². The molecule has 0 radical (unpaired) electrons. The van der Waals surface area contributed by atoms with Crippen LogP contribution >= 0.6 is 0 Å². The number of nitrogens with one attached hydrogen (secondary N) is 1. The molecule has 0 unspecified atom stereocenters. The highest BCUT2D eigenvalue weighted by atomic mass is 32.2. The van der Waals surface area contributed by atoms with Gasteiger partial charge in [0.15, 0.2) is 11.5 Å². The van der Waals surface area contributed by atoms with Crippen LogP contribution in [0.5, 0.6) is 11.5 Å². The second kappa shape index (κ2) is 5.99. The number of rotatable bonds is 5. The third-order valence-corrected chi connectivity index (χ3v) is 3.97. The van der Waals surface area contributed by atoms with Crippen molar-refractivity contribution < 1.29 is 18.6 Å². The fourth-order valence-corrected chi connectivity index (χ4v) is 2.36. The van der Waals surface area contributed by atoms with E-state index in [1.54, 1.807) is 18.2 Å². The number of sulfonamides is 1. The average molecular weight is 305 g/mol. The number of benzene rings is 2. The Balaban J connectivity index is 2.36. The Morgan fingerprint density at radius 1 is 1.10 bits per heavy atom. The van der Waals surface area contributed by atoms with Crippen molar-refractivity contribution in [3.63, 3.8) is 0 Å². The topological polar surface area (TPSA) is 86.6 Å². The fraction of sp³-hybridized carbons (Fsp3) is 0.0667. The van der Waals surface area contributed by atoms with Crippen molar-refractivity contribution in [1.29, 1.82) is 0 Å². The minimum absolute atomic E-state index is 0.103. The number of phenols is 2. The van der Waals surface area contributed by atoms with E-state index in [9.17, 15) is 18.6 Å². The first kappa shape index (κ1) is 15.1. The van der Waals surface area contributed by atoms with Crippen LogP contribution in [0.15, 0.2) is 54.5 Å². The second-order valence-electron chi connectivity index (χ2n) is 4.39. The lowest BCUT2D eigenvalue weighted by Crippen LogP contribution is -2.20. The standard InChI is InChI=1S/C15H15NO4S/c1-2-21(19,20)16-10-12-5-3-4-6-13(12)11-7-8-14(17)15(18)9-11/h2-9,16-18H,1,10H2. The summed E-state index contributed by atoms with van der Waals surface area (Å²) in [7, 11) is -3.51. The van der Waals surface area contributed by atoms with Crippen molar-refractivity contribution in [1.82, 2.24) is 4.72 Å². The van der Waals surface area contributed by atoms with E-state index in [1.165, 1.54) is 12.1 Å². The molecule has 2 rings (SSSR count). The predicted octanol–water partition coefficient (Wildman–Crippen LogP) is 2.33. The van der Waals surface area contributed by atoms with Gasteiger partial charge in [0.2, 0.25) is 10.0 Å². The molecule has 0 heterocycles. The molecular formula is C15H15NO4S. The van der Waals surface area contributed by atoms with E-state index in [1.807, 2.05) is 12.1 Å². The molecule has 3 N–H and O–H groups in total. The Morgan fingerprint density at radius 2 is 1.81 bits per heavy atom. The first-order valence-electron chi connectivity index (χ1n) is 6.15. The quantitative estimate of drug-likeness (QED) is 0.740. The van der Waals surface area contributed by atoms with Gasteiger partial charge in [0.1, 0.15) is 0 Å². The van der Waals surface area contributed by atoms with Gasteiger partial charge in [-0.05, 0) is 28.8 Å². The van der Waals surface area contributed by atoms with Gasteiger partial charge < -0.3 is 10.2 Å². The molecular weight excluding hydrogens is 290 g/mol. The van der Waals surface area contributed by atoms with Crippen molar-refractivity contribution in [2.75, 3.05) is 0 Å². The van der Waals surface area contributed by atoms with Gasteiger partial charge in [-0.25, -0.2) is 13.1 Å². The first-order chi connectivity index (χ1) is 9.93. The van der Waals surface area contributed by atoms with Crippen molar-refractivity contribution in [2.24, 2.45) is 0 Å². The highest BCUT2D eigenvalue weighted by molar-refractivity contribution is 7.92. The Hall–Kier alpha value is -2.31. The summed E-state index contributed by atoms with van der Waals surface area (Å²) in [5.41, 5.74) is 2.19. The molecule has 0 atom stereocenters. The van der Waals surface area contributed by atoms with Gasteiger partial charge in [0, 0.05) is 12.0 Å². The smallest absolute Gasteiger partial charge is 0.233 e. The van der Waals surface area contributed by atoms with E-state index >= 15 is 0 Å². The second-order valence-corrected chi connectivity index (χ2v) is 6.11. The fourth-order valence-electron chi connectivity index (χ4n) is 1.88. The van der Waals surface area contributed by atoms with Crippen molar-refractivity contribution in [3.8, 4) is 22.6 Å². The SMILES string of the molecule is C=CS(=O)(=O)NCc1ccccc1-c1ccc(O)c(O)c1. The lowest BCUT2D eigenvalue weighted by atomic mass is 9.99. The van der Waals surface area contributed by atoms with Gasteiger partial charge in [0.05, 0.1) is 0 Å². The maximum atomic E-state index is 11.4. The van der Waals surface area contributed by atoms with Crippen LogP contribution in [0.4, 0.5) is 0 Å². The molecule has 0 fully saturated rings. The Labute approximate surface area is 123 Å². The normalized spacial score (nSPS) is 11.2. The largest absolute Gasteiger partial charge is 0.504 e. The number of phenolic OH excluding ortho intramolecular Hbond substituents is 2. The van der Waals surface area contributed by atoms with E-state index in [0.29, 0.717) is 5.56 Å². The average Bonchev–Trinajstić information content (AvgIpc) is 2.48. The highest BCUT2D eigenvalue weighted by Crippen LogP contribution is 2.32. The monoisotopic (exact) mass is 305 g/mol. The third-order valence-electron chi connectivity index (χ3n) is 2.99. The van der Waals surface area contributed by atoms with E-state index < -0.39 is 10.0 Å². The van der Waals surface area contributed by atoms with Crippen LogP contribution in [0.25, 0.3) is 11.1 Å². The molecule has 6 heteroatoms. The minimum Gasteiger partial charge on any atom is -0.504 e. The summed E-state index contributed by atoms with van der Waals surface area (Å²) in [6.45, 7) is 3.34. The minimum atomic E-state index is -3.51. The maximum Gasteiger partial charge on any atom is 0.233 e. The molecule has 0 saturated heterocycles. The molecule has 0 bridgehead atoms. The van der Waals surface area contributed by atoms with Gasteiger partial charge in [-0.3, -0.25) is 0 Å². The molecule has 5 nitrogen and oxygen atoms in total. The molecule has 0 aliphatic rings. The first-order valence-corrected chi connectivity index (χ1v) is 7.70. The van der Waals surface area contributed by atoms with E-state index in [2.05, 4.69) is 11.3 Å². The van der Waals surface area contributed by atoms with Crippen LogP contribution in [-0.4, -0.2) is 18.6 Å². The molecule has 0 saturated carbocycles. The van der Waals surface area contributed by atoms with Crippen LogP contribution in [-0.2, 0) is 16.6 Å². The van der Waals surface area contributed by atoms with Crippen molar-refractivity contribution in [2.45, 2.75) is 6.54 Å². The van der Waals surface area contributed by atoms with Gasteiger partial charge in [-0.2, -0.15) is 0 Å². The van der Waals surface area contributed by atoms with Crippen molar-refractivity contribution in [3.05, 3.63) is 60.0 Å². The van der Waals surface area contributed by atoms with Gasteiger partial charge in [-0.1, -0.05) is 36.9 Å². The maximum absolute atomic E-state index is 11.4. The molecule has 0 aromatic heterocycles. The molecule has 0 aliphatic heterocycles. The summed E-state index contributed by atoms with van der Waals surface area (Å²) in [5, 5.41) is 19.8. The van der Waals surface area contributed by atoms with Crippen molar-refractivity contribution >= 4 is 10.0 Å². The van der Waals surface area contributed by atoms with Crippen LogP contribution in [0.2, 0.25) is 0 Å². The molecule has 0 amide bonds. The van der Waals surface area contributed by atoms with Crippen LogP contribution in [0, 0.1) is 0 Å². The zero-order valence-corrected chi connectivity index (χ0v) is 12.0. The Morgan fingerprint density at radius 3 is 2.48 bits per heavy atom. The predicted molar refractivity (Wildman–Crippen MR) is 81.2 cm³/mol. The zero-order valence-electron chi connectivity index (χ0n) is 11.2. The molecule has 2 aromatic carbocycles. The summed E-state index contributed by atoms with van der Waals surface area (Å²) in [6, 6.07) is 11.7. The number of hydrogen-bond acceptors (Lipinski definition) is 4. The van der Waals surface area contributed by atoms with E-state index in [4.69, 9.17) is 0 Å². The number of hydrogen-bond donors (Lipinski definition) is 3. The summed E-state index contributed by atoms with van der Waals surface area (Å²) >= 11 is 0. The molecule has 110 valence electrons. The van der Waals surface area contributed by atoms with Gasteiger partial charge in [0.25, 0.3) is 0 Å². The van der Waals surface area contributed by atoms with E-state index in [0.717, 1.165) is 16.5 Å². The lowest BCUT2D eigenvalue weighted by molar-refractivity contribution is 0.404. The van der Waals surface area contributed by atoms with E-state index in [-0.39, 0.29) is 18.0 Å². The summed E-state index contributed by atoms with van der Waals surface area (Å²) < 4.78 is 25.2. The Kier molecular flexibility index (Phi) is 4.30. The molecule has 2 aromatic rings.